The highest BCUT2D eigenvalue weighted by molar-refractivity contribution is 5.88. The molecule has 162 valence electrons. The molecule has 6 heteroatoms. The van der Waals surface area contributed by atoms with Gasteiger partial charge in [0, 0.05) is 11.5 Å². The van der Waals surface area contributed by atoms with Gasteiger partial charge in [-0.1, -0.05) is 60.7 Å². The molecule has 2 aliphatic carbocycles. The van der Waals surface area contributed by atoms with Crippen LogP contribution in [0.2, 0.25) is 0 Å². The van der Waals surface area contributed by atoms with Crippen LogP contribution in [0.3, 0.4) is 0 Å². The summed E-state index contributed by atoms with van der Waals surface area (Å²) < 4.78 is 11.0. The van der Waals surface area contributed by atoms with E-state index in [1.807, 2.05) is 36.4 Å². The zero-order chi connectivity index (χ0) is 22.3. The summed E-state index contributed by atoms with van der Waals surface area (Å²) in [6, 6.07) is 21.4. The molecule has 1 atom stereocenters. The molecule has 0 aromatic heterocycles. The van der Waals surface area contributed by atoms with E-state index >= 15 is 0 Å². The lowest BCUT2D eigenvalue weighted by molar-refractivity contribution is -0.145. The molecule has 0 spiro atoms. The Morgan fingerprint density at radius 1 is 1.00 bits per heavy atom. The maximum Gasteiger partial charge on any atom is 0.408 e. The van der Waals surface area contributed by atoms with E-state index in [2.05, 4.69) is 17.4 Å². The lowest BCUT2D eigenvalue weighted by Gasteiger charge is -2.27. The number of benzene rings is 3. The highest BCUT2D eigenvalue weighted by Crippen LogP contribution is 2.45. The van der Waals surface area contributed by atoms with Crippen molar-refractivity contribution in [2.75, 3.05) is 13.7 Å². The Bertz CT molecular complexity index is 1170. The topological polar surface area (TPSA) is 84.9 Å². The number of ether oxygens (including phenoxy) is 2. The normalized spacial score (nSPS) is 18.4. The highest BCUT2D eigenvalue weighted by Gasteiger charge is 2.48. The van der Waals surface area contributed by atoms with Crippen LogP contribution >= 0.6 is 0 Å². The second-order valence-electron chi connectivity index (χ2n) is 8.15. The molecule has 1 amide bonds. The monoisotopic (exact) mass is 429 g/mol. The van der Waals surface area contributed by atoms with Crippen molar-refractivity contribution in [3.05, 3.63) is 89.0 Å². The summed E-state index contributed by atoms with van der Waals surface area (Å²) >= 11 is 0. The molecule has 5 rings (SSSR count). The van der Waals surface area contributed by atoms with E-state index in [0.29, 0.717) is 17.7 Å². The lowest BCUT2D eigenvalue weighted by atomic mass is 9.92. The Balaban J connectivity index is 1.38. The minimum atomic E-state index is -1.54. The molecule has 0 saturated heterocycles. The van der Waals surface area contributed by atoms with E-state index in [0.717, 1.165) is 27.8 Å². The summed E-state index contributed by atoms with van der Waals surface area (Å²) in [5.41, 5.74) is 4.28. The SMILES string of the molecule is COc1cccc2c1CC[C@@]2(NC(=O)OCC1c2ccccc2-c2ccccc21)C(=O)O. The van der Waals surface area contributed by atoms with Gasteiger partial charge in [-0.3, -0.25) is 0 Å². The summed E-state index contributed by atoms with van der Waals surface area (Å²) in [4.78, 5) is 25.1. The van der Waals surface area contributed by atoms with E-state index in [4.69, 9.17) is 9.47 Å². The fourth-order valence-corrected chi connectivity index (χ4v) is 5.08. The van der Waals surface area contributed by atoms with Gasteiger partial charge in [0.15, 0.2) is 5.54 Å². The number of nitrogens with one attached hydrogen (secondary N) is 1. The molecular formula is C26H23NO5. The van der Waals surface area contributed by atoms with Gasteiger partial charge in [-0.05, 0) is 46.7 Å². The first kappa shape index (κ1) is 20.1. The van der Waals surface area contributed by atoms with Crippen LogP contribution in [0, 0.1) is 0 Å². The van der Waals surface area contributed by atoms with E-state index in [1.54, 1.807) is 25.3 Å². The van der Waals surface area contributed by atoms with Gasteiger partial charge in [-0.25, -0.2) is 9.59 Å². The third-order valence-electron chi connectivity index (χ3n) is 6.59. The summed E-state index contributed by atoms with van der Waals surface area (Å²) in [7, 11) is 1.55. The standard InChI is InChI=1S/C26H23NO5/c1-31-23-12-6-11-22-20(23)13-14-26(22,24(28)29)27-25(30)32-15-21-18-9-4-2-7-16(18)17-8-3-5-10-19(17)21/h2-12,21H,13-15H2,1H3,(H,27,30)(H,28,29)/t26-/m0/s1. The average Bonchev–Trinajstić information content (AvgIpc) is 3.34. The number of fused-ring (bicyclic) bond motifs is 4. The van der Waals surface area contributed by atoms with Gasteiger partial charge in [-0.2, -0.15) is 0 Å². The third-order valence-corrected chi connectivity index (χ3v) is 6.59. The molecule has 2 N–H and O–H groups in total. The number of rotatable bonds is 5. The number of carboxylic acids is 1. The number of hydrogen-bond acceptors (Lipinski definition) is 4. The summed E-state index contributed by atoms with van der Waals surface area (Å²) in [6.45, 7) is 0.126. The summed E-state index contributed by atoms with van der Waals surface area (Å²) in [5.74, 6) is -0.581. The summed E-state index contributed by atoms with van der Waals surface area (Å²) in [6.07, 6.45) is -0.0118. The average molecular weight is 429 g/mol. The van der Waals surface area contributed by atoms with Crippen molar-refractivity contribution >= 4 is 12.1 Å². The molecule has 32 heavy (non-hydrogen) atoms. The van der Waals surface area contributed by atoms with Crippen molar-refractivity contribution in [2.24, 2.45) is 0 Å². The van der Waals surface area contributed by atoms with E-state index < -0.39 is 17.6 Å². The second-order valence-corrected chi connectivity index (χ2v) is 8.15. The zero-order valence-electron chi connectivity index (χ0n) is 17.6. The van der Waals surface area contributed by atoms with Crippen LogP contribution in [0.4, 0.5) is 4.79 Å². The van der Waals surface area contributed by atoms with E-state index in [9.17, 15) is 14.7 Å². The molecule has 3 aromatic rings. The first-order valence-electron chi connectivity index (χ1n) is 10.6. The van der Waals surface area contributed by atoms with Gasteiger partial charge in [-0.15, -0.1) is 0 Å². The Labute approximate surface area is 185 Å². The van der Waals surface area contributed by atoms with Gasteiger partial charge in [0.2, 0.25) is 0 Å². The first-order valence-corrected chi connectivity index (χ1v) is 10.6. The number of hydrogen-bond donors (Lipinski definition) is 2. The smallest absolute Gasteiger partial charge is 0.408 e. The van der Waals surface area contributed by atoms with E-state index in [1.165, 1.54) is 0 Å². The summed E-state index contributed by atoms with van der Waals surface area (Å²) in [5, 5.41) is 12.7. The van der Waals surface area contributed by atoms with Crippen LogP contribution in [0.1, 0.15) is 34.6 Å². The van der Waals surface area contributed by atoms with Crippen LogP contribution in [-0.2, 0) is 21.5 Å². The maximum atomic E-state index is 12.8. The minimum absolute atomic E-state index is 0.0927. The van der Waals surface area contributed by atoms with Gasteiger partial charge in [0.25, 0.3) is 0 Å². The number of methoxy groups -OCH3 is 1. The minimum Gasteiger partial charge on any atom is -0.496 e. The molecule has 6 nitrogen and oxygen atoms in total. The fraction of sp³-hybridized carbons (Fsp3) is 0.231. The quantitative estimate of drug-likeness (QED) is 0.626. The number of carbonyl (C=O) groups is 2. The van der Waals surface area contributed by atoms with Crippen molar-refractivity contribution in [1.29, 1.82) is 0 Å². The molecule has 0 bridgehead atoms. The van der Waals surface area contributed by atoms with Crippen LogP contribution < -0.4 is 10.1 Å². The fourth-order valence-electron chi connectivity index (χ4n) is 5.08. The zero-order valence-corrected chi connectivity index (χ0v) is 17.6. The van der Waals surface area contributed by atoms with Crippen molar-refractivity contribution < 1.29 is 24.2 Å². The van der Waals surface area contributed by atoms with E-state index in [-0.39, 0.29) is 18.9 Å². The van der Waals surface area contributed by atoms with Crippen molar-refractivity contribution in [2.45, 2.75) is 24.3 Å². The number of carbonyl (C=O) groups excluding carboxylic acids is 1. The number of amides is 1. The Hall–Kier alpha value is -3.80. The van der Waals surface area contributed by atoms with Crippen molar-refractivity contribution in [1.82, 2.24) is 5.32 Å². The van der Waals surface area contributed by atoms with Gasteiger partial charge < -0.3 is 19.9 Å². The van der Waals surface area contributed by atoms with Gasteiger partial charge in [0.05, 0.1) is 7.11 Å². The predicted octanol–water partition coefficient (Wildman–Crippen LogP) is 4.46. The largest absolute Gasteiger partial charge is 0.496 e. The molecule has 0 unspecified atom stereocenters. The first-order chi connectivity index (χ1) is 15.5. The van der Waals surface area contributed by atoms with Crippen LogP contribution in [0.5, 0.6) is 5.75 Å². The molecule has 0 aliphatic heterocycles. The Morgan fingerprint density at radius 2 is 1.66 bits per heavy atom. The number of aliphatic carboxylic acids is 1. The molecule has 3 aromatic carbocycles. The number of alkyl carbamates (subject to hydrolysis) is 1. The molecular weight excluding hydrogens is 406 g/mol. The Morgan fingerprint density at radius 3 is 2.28 bits per heavy atom. The Kier molecular flexibility index (Phi) is 4.85. The predicted molar refractivity (Wildman–Crippen MR) is 119 cm³/mol. The molecule has 0 saturated carbocycles. The molecule has 0 fully saturated rings. The third kappa shape index (κ3) is 3.02. The van der Waals surface area contributed by atoms with Gasteiger partial charge in [0.1, 0.15) is 12.4 Å². The van der Waals surface area contributed by atoms with Crippen molar-refractivity contribution in [3.63, 3.8) is 0 Å². The molecule has 0 radical (unpaired) electrons. The molecule has 2 aliphatic rings. The lowest BCUT2D eigenvalue weighted by Crippen LogP contribution is -2.50. The van der Waals surface area contributed by atoms with Crippen molar-refractivity contribution in [3.8, 4) is 16.9 Å². The second kappa shape index (κ2) is 7.71. The van der Waals surface area contributed by atoms with Crippen LogP contribution in [0.25, 0.3) is 11.1 Å². The van der Waals surface area contributed by atoms with Crippen LogP contribution in [0.15, 0.2) is 66.7 Å². The number of carboxylic acid groups (broad SMARTS) is 1. The molecule has 0 heterocycles. The van der Waals surface area contributed by atoms with Gasteiger partial charge >= 0.3 is 12.1 Å². The van der Waals surface area contributed by atoms with Crippen LogP contribution in [-0.4, -0.2) is 30.9 Å². The highest BCUT2D eigenvalue weighted by atomic mass is 16.5. The maximum absolute atomic E-state index is 12.8.